The largest absolute Gasteiger partial charge is 0.336 e. The number of carbonyl (C=O) groups excluding carboxylic acids is 1. The van der Waals surface area contributed by atoms with Crippen LogP contribution in [0.25, 0.3) is 0 Å². The Labute approximate surface area is 106 Å². The van der Waals surface area contributed by atoms with E-state index in [0.717, 1.165) is 16.8 Å². The van der Waals surface area contributed by atoms with Gasteiger partial charge < -0.3 is 10.2 Å². The van der Waals surface area contributed by atoms with Gasteiger partial charge in [-0.15, -0.1) is 0 Å². The van der Waals surface area contributed by atoms with Crippen LogP contribution in [0.2, 0.25) is 5.02 Å². The molecule has 1 aromatic rings. The number of hydrogen-bond acceptors (Lipinski definition) is 2. The molecule has 5 nitrogen and oxygen atoms in total. The highest BCUT2D eigenvalue weighted by Crippen LogP contribution is 2.15. The fourth-order valence-electron chi connectivity index (χ4n) is 1.44. The Morgan fingerprint density at radius 3 is 2.93 bits per heavy atom. The molecule has 2 heterocycles. The van der Waals surface area contributed by atoms with E-state index in [1.807, 2.05) is 0 Å². The summed E-state index contributed by atoms with van der Waals surface area (Å²) >= 11 is 7.95. The maximum atomic E-state index is 11.2. The summed E-state index contributed by atoms with van der Waals surface area (Å²) in [4.78, 5) is 13.0. The molecule has 2 amide bonds. The number of nitrogens with zero attached hydrogens (tertiary/aromatic N) is 3. The van der Waals surface area contributed by atoms with Crippen LogP contribution >= 0.6 is 34.2 Å². The zero-order valence-electron chi connectivity index (χ0n) is 7.91. The summed E-state index contributed by atoms with van der Waals surface area (Å²) in [5.74, 6) is 0. The molecule has 15 heavy (non-hydrogen) atoms. The van der Waals surface area contributed by atoms with Crippen molar-refractivity contribution >= 4 is 40.2 Å². The van der Waals surface area contributed by atoms with Crippen LogP contribution in [-0.4, -0.2) is 40.3 Å². The number of carbonyl (C=O) groups is 1. The van der Waals surface area contributed by atoms with Gasteiger partial charge in [0.05, 0.1) is 11.6 Å². The molecule has 0 spiro atoms. The highest BCUT2D eigenvalue weighted by Gasteiger charge is 2.18. The number of nitrogens with one attached hydrogen (secondary N) is 1. The quantitative estimate of drug-likeness (QED) is 0.840. The molecule has 1 aliphatic heterocycles. The minimum Gasteiger partial charge on any atom is -0.336 e. The van der Waals surface area contributed by atoms with Crippen LogP contribution in [0.15, 0.2) is 6.20 Å². The third kappa shape index (κ3) is 2.54. The molecule has 7 heteroatoms. The van der Waals surface area contributed by atoms with E-state index in [9.17, 15) is 4.79 Å². The van der Waals surface area contributed by atoms with Gasteiger partial charge in [-0.3, -0.25) is 4.68 Å². The molecular weight excluding hydrogens is 330 g/mol. The Kier molecular flexibility index (Phi) is 3.35. The van der Waals surface area contributed by atoms with Crippen LogP contribution < -0.4 is 5.32 Å². The Morgan fingerprint density at radius 1 is 1.60 bits per heavy atom. The molecule has 0 bridgehead atoms. The average molecular weight is 341 g/mol. The fraction of sp³-hybridized carbons (Fsp3) is 0.500. The predicted octanol–water partition coefficient (Wildman–Crippen LogP) is 1.17. The van der Waals surface area contributed by atoms with Gasteiger partial charge in [0.25, 0.3) is 0 Å². The molecule has 1 saturated heterocycles. The van der Waals surface area contributed by atoms with E-state index in [2.05, 4.69) is 33.0 Å². The van der Waals surface area contributed by atoms with Gasteiger partial charge in [0.2, 0.25) is 0 Å². The van der Waals surface area contributed by atoms with E-state index in [1.54, 1.807) is 15.8 Å². The summed E-state index contributed by atoms with van der Waals surface area (Å²) in [5.41, 5.74) is 0. The van der Waals surface area contributed by atoms with Crippen LogP contribution in [0.1, 0.15) is 0 Å². The second-order valence-corrected chi connectivity index (χ2v) is 4.68. The molecule has 0 saturated carbocycles. The Bertz CT molecular complexity index is 361. The lowest BCUT2D eigenvalue weighted by Gasteiger charge is -2.13. The van der Waals surface area contributed by atoms with Gasteiger partial charge in [-0.05, 0) is 22.6 Å². The third-order valence-electron chi connectivity index (χ3n) is 2.22. The van der Waals surface area contributed by atoms with Gasteiger partial charge in [-0.25, -0.2) is 4.79 Å². The van der Waals surface area contributed by atoms with E-state index >= 15 is 0 Å². The van der Waals surface area contributed by atoms with E-state index in [-0.39, 0.29) is 6.03 Å². The lowest BCUT2D eigenvalue weighted by molar-refractivity contribution is 0.215. The molecule has 0 unspecified atom stereocenters. The average Bonchev–Trinajstić information content (AvgIpc) is 2.72. The molecule has 1 N–H and O–H groups in total. The first-order valence-corrected chi connectivity index (χ1v) is 6.04. The van der Waals surface area contributed by atoms with Crippen molar-refractivity contribution in [1.82, 2.24) is 20.0 Å². The molecule has 0 aliphatic carbocycles. The second-order valence-electron chi connectivity index (χ2n) is 3.25. The lowest BCUT2D eigenvalue weighted by atomic mass is 10.5. The minimum atomic E-state index is 0.00273. The van der Waals surface area contributed by atoms with E-state index in [1.165, 1.54) is 0 Å². The first-order valence-electron chi connectivity index (χ1n) is 4.58. The molecular formula is C8H10ClIN4O. The summed E-state index contributed by atoms with van der Waals surface area (Å²) in [6, 6.07) is 0.00273. The molecule has 1 fully saturated rings. The van der Waals surface area contributed by atoms with Crippen LogP contribution in [-0.2, 0) is 6.54 Å². The zero-order valence-corrected chi connectivity index (χ0v) is 10.8. The summed E-state index contributed by atoms with van der Waals surface area (Å²) in [6.45, 7) is 2.84. The Balaban J connectivity index is 1.90. The first-order chi connectivity index (χ1) is 7.16. The second kappa shape index (κ2) is 4.56. The van der Waals surface area contributed by atoms with Gasteiger partial charge in [0, 0.05) is 25.8 Å². The third-order valence-corrected chi connectivity index (χ3v) is 3.61. The van der Waals surface area contributed by atoms with Gasteiger partial charge in [-0.2, -0.15) is 5.10 Å². The highest BCUT2D eigenvalue weighted by molar-refractivity contribution is 14.1. The van der Waals surface area contributed by atoms with Gasteiger partial charge in [-0.1, -0.05) is 11.6 Å². The summed E-state index contributed by atoms with van der Waals surface area (Å²) in [6.07, 6.45) is 1.78. The fourth-order valence-corrected chi connectivity index (χ4v) is 2.00. The van der Waals surface area contributed by atoms with Crippen molar-refractivity contribution in [2.45, 2.75) is 6.54 Å². The molecule has 2 rings (SSSR count). The monoisotopic (exact) mass is 340 g/mol. The first kappa shape index (κ1) is 11.0. The van der Waals surface area contributed by atoms with Crippen molar-refractivity contribution in [1.29, 1.82) is 0 Å². The number of amides is 2. The van der Waals surface area contributed by atoms with Gasteiger partial charge in [0.1, 0.15) is 3.70 Å². The number of urea groups is 1. The maximum Gasteiger partial charge on any atom is 0.317 e. The molecule has 82 valence electrons. The summed E-state index contributed by atoms with van der Waals surface area (Å²) < 4.78 is 2.55. The van der Waals surface area contributed by atoms with E-state index < -0.39 is 0 Å². The minimum absolute atomic E-state index is 0.00273. The Morgan fingerprint density at radius 2 is 2.40 bits per heavy atom. The smallest absolute Gasteiger partial charge is 0.317 e. The van der Waals surface area contributed by atoms with Gasteiger partial charge >= 0.3 is 6.03 Å². The van der Waals surface area contributed by atoms with Gasteiger partial charge in [0.15, 0.2) is 0 Å². The summed E-state index contributed by atoms with van der Waals surface area (Å²) in [7, 11) is 0. The van der Waals surface area contributed by atoms with Crippen molar-refractivity contribution in [3.8, 4) is 0 Å². The predicted molar refractivity (Wildman–Crippen MR) is 64.9 cm³/mol. The van der Waals surface area contributed by atoms with Crippen molar-refractivity contribution in [2.75, 3.05) is 19.6 Å². The normalized spacial score (nSPS) is 15.9. The Hall–Kier alpha value is -0.500. The van der Waals surface area contributed by atoms with Crippen molar-refractivity contribution < 1.29 is 4.79 Å². The number of hydrogen-bond donors (Lipinski definition) is 1. The lowest BCUT2D eigenvalue weighted by Crippen LogP contribution is -2.31. The van der Waals surface area contributed by atoms with Crippen molar-refractivity contribution in [2.24, 2.45) is 0 Å². The zero-order chi connectivity index (χ0) is 10.8. The van der Waals surface area contributed by atoms with E-state index in [4.69, 9.17) is 11.6 Å². The number of halogens is 2. The molecule has 0 aromatic carbocycles. The molecule has 1 aliphatic rings. The van der Waals surface area contributed by atoms with Crippen LogP contribution in [0.5, 0.6) is 0 Å². The SMILES string of the molecule is O=C1NCCN1CCn1cc(Cl)c(I)n1. The van der Waals surface area contributed by atoms with E-state index in [0.29, 0.717) is 18.1 Å². The number of rotatable bonds is 3. The molecule has 0 atom stereocenters. The van der Waals surface area contributed by atoms with Crippen LogP contribution in [0.3, 0.4) is 0 Å². The van der Waals surface area contributed by atoms with Crippen molar-refractivity contribution in [3.05, 3.63) is 14.9 Å². The van der Waals surface area contributed by atoms with Crippen molar-refractivity contribution in [3.63, 3.8) is 0 Å². The van der Waals surface area contributed by atoms with Crippen LogP contribution in [0, 0.1) is 3.70 Å². The standard InChI is InChI=1S/C8H10ClIN4O/c9-6-5-14(12-7(6)10)4-3-13-2-1-11-8(13)15/h5H,1-4H2,(H,11,15). The maximum absolute atomic E-state index is 11.2. The molecule has 0 radical (unpaired) electrons. The highest BCUT2D eigenvalue weighted by atomic mass is 127. The summed E-state index contributed by atoms with van der Waals surface area (Å²) in [5, 5.41) is 7.62. The number of aromatic nitrogens is 2. The molecule has 1 aromatic heterocycles. The topological polar surface area (TPSA) is 50.2 Å². The van der Waals surface area contributed by atoms with Crippen LogP contribution in [0.4, 0.5) is 4.79 Å².